The molecular formula is C39H40O9. The number of hydrogen-bond acceptors (Lipinski definition) is 9. The van der Waals surface area contributed by atoms with Gasteiger partial charge in [0.05, 0.1) is 25.4 Å². The zero-order valence-electron chi connectivity index (χ0n) is 27.4. The maximum absolute atomic E-state index is 12.4. The zero-order valence-corrected chi connectivity index (χ0v) is 27.4. The summed E-state index contributed by atoms with van der Waals surface area (Å²) in [6.07, 6.45) is 0. The molecule has 0 aliphatic carbocycles. The van der Waals surface area contributed by atoms with Crippen molar-refractivity contribution in [3.8, 4) is 11.5 Å². The van der Waals surface area contributed by atoms with E-state index in [4.69, 9.17) is 23.7 Å². The molecule has 0 radical (unpaired) electrons. The summed E-state index contributed by atoms with van der Waals surface area (Å²) in [5, 5.41) is 0. The van der Waals surface area contributed by atoms with E-state index in [0.717, 1.165) is 11.1 Å². The van der Waals surface area contributed by atoms with Crippen molar-refractivity contribution in [2.24, 2.45) is 0 Å². The van der Waals surface area contributed by atoms with Gasteiger partial charge in [0.2, 0.25) is 0 Å². The maximum atomic E-state index is 12.4. The van der Waals surface area contributed by atoms with Crippen LogP contribution in [0.4, 0.5) is 0 Å². The molecule has 0 saturated heterocycles. The van der Waals surface area contributed by atoms with Gasteiger partial charge in [0.15, 0.2) is 5.92 Å². The Hall–Kier alpha value is -5.70. The predicted octanol–water partition coefficient (Wildman–Crippen LogP) is 6.89. The van der Waals surface area contributed by atoms with E-state index in [0.29, 0.717) is 48.0 Å². The monoisotopic (exact) mass is 652 g/mol. The molecule has 4 aromatic rings. The topological polar surface area (TPSA) is 114 Å². The number of esters is 3. The lowest BCUT2D eigenvalue weighted by molar-refractivity contribution is -0.159. The fraction of sp³-hybridized carbons (Fsp3) is 0.231. The molecule has 4 rings (SSSR count). The Morgan fingerprint density at radius 1 is 0.583 bits per heavy atom. The molecular weight excluding hydrogens is 612 g/mol. The molecule has 0 heterocycles. The highest BCUT2D eigenvalue weighted by Gasteiger charge is 2.35. The number of Topliss-reactive ketones (excluding diaryl/α,β-unsaturated/α-hetero) is 1. The molecule has 1 atom stereocenters. The van der Waals surface area contributed by atoms with Crippen LogP contribution in [0.1, 0.15) is 48.9 Å². The van der Waals surface area contributed by atoms with Gasteiger partial charge in [-0.2, -0.15) is 0 Å². The van der Waals surface area contributed by atoms with Crippen LogP contribution in [-0.4, -0.2) is 43.5 Å². The summed E-state index contributed by atoms with van der Waals surface area (Å²) < 4.78 is 26.1. The van der Waals surface area contributed by atoms with Gasteiger partial charge in [-0.15, -0.1) is 0 Å². The standard InChI is InChI=1S/C21H22O6.C18H18O3/c1-3-25-20(23)18(19(22)21(24)26-4-2)16-11-8-12-17(13-16)27-14-15-9-6-5-7-10-15;1-3-20-18(19)14(2)16-10-7-11-17(12-16)21-13-15-8-5-4-6-9-15/h5-13,18H,3-4,14H2,1-2H3;4-12H,2-3,13H2,1H3. The fourth-order valence-electron chi connectivity index (χ4n) is 4.32. The molecule has 0 saturated carbocycles. The van der Waals surface area contributed by atoms with E-state index in [1.165, 1.54) is 0 Å². The van der Waals surface area contributed by atoms with Crippen LogP contribution in [0.15, 0.2) is 116 Å². The minimum absolute atomic E-state index is 0.0420. The lowest BCUT2D eigenvalue weighted by atomic mass is 9.94. The number of carbonyl (C=O) groups is 4. The Bertz CT molecular complexity index is 1650. The Morgan fingerprint density at radius 2 is 1.08 bits per heavy atom. The molecule has 1 unspecified atom stereocenters. The Balaban J connectivity index is 0.000000269. The molecule has 9 nitrogen and oxygen atoms in total. The molecule has 0 aromatic heterocycles. The molecule has 0 spiro atoms. The minimum Gasteiger partial charge on any atom is -0.489 e. The Kier molecular flexibility index (Phi) is 15.1. The molecule has 250 valence electrons. The van der Waals surface area contributed by atoms with Gasteiger partial charge in [-0.3, -0.25) is 9.59 Å². The van der Waals surface area contributed by atoms with Crippen LogP contribution in [0, 0.1) is 0 Å². The van der Waals surface area contributed by atoms with Crippen LogP contribution in [-0.2, 0) is 46.6 Å². The quantitative estimate of drug-likeness (QED) is 0.0445. The van der Waals surface area contributed by atoms with Crippen molar-refractivity contribution in [1.29, 1.82) is 0 Å². The summed E-state index contributed by atoms with van der Waals surface area (Å²) in [6, 6.07) is 33.3. The first-order chi connectivity index (χ1) is 23.3. The van der Waals surface area contributed by atoms with Gasteiger partial charge < -0.3 is 23.7 Å². The average Bonchev–Trinajstić information content (AvgIpc) is 3.11. The second kappa shape index (κ2) is 19.7. The number of carbonyl (C=O) groups excluding carboxylic acids is 4. The first-order valence-electron chi connectivity index (χ1n) is 15.5. The van der Waals surface area contributed by atoms with Crippen molar-refractivity contribution in [1.82, 2.24) is 0 Å². The molecule has 0 amide bonds. The van der Waals surface area contributed by atoms with E-state index in [9.17, 15) is 19.2 Å². The summed E-state index contributed by atoms with van der Waals surface area (Å²) in [5.74, 6) is -3.44. The number of benzene rings is 4. The van der Waals surface area contributed by atoms with Gasteiger partial charge in [-0.25, -0.2) is 9.59 Å². The molecule has 9 heteroatoms. The van der Waals surface area contributed by atoms with Crippen LogP contribution in [0.2, 0.25) is 0 Å². The second-order valence-electron chi connectivity index (χ2n) is 10.1. The van der Waals surface area contributed by atoms with Crippen LogP contribution in [0.3, 0.4) is 0 Å². The van der Waals surface area contributed by atoms with E-state index in [1.807, 2.05) is 78.9 Å². The van der Waals surface area contributed by atoms with E-state index in [1.54, 1.807) is 51.1 Å². The van der Waals surface area contributed by atoms with Crippen molar-refractivity contribution in [2.45, 2.75) is 39.9 Å². The van der Waals surface area contributed by atoms with E-state index >= 15 is 0 Å². The molecule has 4 aromatic carbocycles. The van der Waals surface area contributed by atoms with Crippen molar-refractivity contribution in [2.75, 3.05) is 19.8 Å². The van der Waals surface area contributed by atoms with Crippen molar-refractivity contribution in [3.63, 3.8) is 0 Å². The summed E-state index contributed by atoms with van der Waals surface area (Å²) in [4.78, 5) is 48.2. The first kappa shape index (κ1) is 36.8. The van der Waals surface area contributed by atoms with Crippen LogP contribution >= 0.6 is 0 Å². The lowest BCUT2D eigenvalue weighted by Crippen LogP contribution is -2.31. The van der Waals surface area contributed by atoms with Gasteiger partial charge >= 0.3 is 17.9 Å². The van der Waals surface area contributed by atoms with Gasteiger partial charge in [0.25, 0.3) is 5.78 Å². The molecule has 0 bridgehead atoms. The number of ketones is 1. The SMILES string of the molecule is C=C(C(=O)OCC)c1cccc(OCc2ccccc2)c1.CCOC(=O)C(=O)C(C(=O)OCC)c1cccc(OCc2ccccc2)c1. The third-order valence-corrected chi connectivity index (χ3v) is 6.65. The summed E-state index contributed by atoms with van der Waals surface area (Å²) in [6.45, 7) is 10.0. The molecule has 0 N–H and O–H groups in total. The molecule has 0 aliphatic rings. The normalized spacial score (nSPS) is 10.7. The Morgan fingerprint density at radius 3 is 1.62 bits per heavy atom. The third kappa shape index (κ3) is 11.6. The maximum Gasteiger partial charge on any atom is 0.375 e. The minimum atomic E-state index is -1.38. The van der Waals surface area contributed by atoms with Crippen molar-refractivity contribution < 1.29 is 42.9 Å². The molecule has 0 aliphatic heterocycles. The smallest absolute Gasteiger partial charge is 0.375 e. The highest BCUT2D eigenvalue weighted by Crippen LogP contribution is 2.25. The fourth-order valence-corrected chi connectivity index (χ4v) is 4.32. The van der Waals surface area contributed by atoms with Gasteiger partial charge in [-0.05, 0) is 67.3 Å². The highest BCUT2D eigenvalue weighted by atomic mass is 16.5. The van der Waals surface area contributed by atoms with Crippen LogP contribution in [0.5, 0.6) is 11.5 Å². The van der Waals surface area contributed by atoms with E-state index < -0.39 is 29.6 Å². The van der Waals surface area contributed by atoms with Crippen molar-refractivity contribution in [3.05, 3.63) is 138 Å². The second-order valence-corrected chi connectivity index (χ2v) is 10.1. The van der Waals surface area contributed by atoms with E-state index in [2.05, 4.69) is 6.58 Å². The summed E-state index contributed by atoms with van der Waals surface area (Å²) >= 11 is 0. The lowest BCUT2D eigenvalue weighted by Gasteiger charge is -2.15. The summed E-state index contributed by atoms with van der Waals surface area (Å²) in [7, 11) is 0. The number of hydrogen-bond donors (Lipinski definition) is 0. The zero-order chi connectivity index (χ0) is 34.7. The molecule has 0 fully saturated rings. The van der Waals surface area contributed by atoms with Gasteiger partial charge in [0.1, 0.15) is 24.7 Å². The third-order valence-electron chi connectivity index (χ3n) is 6.65. The Labute approximate surface area is 281 Å². The average molecular weight is 653 g/mol. The number of ether oxygens (including phenoxy) is 5. The molecule has 48 heavy (non-hydrogen) atoms. The summed E-state index contributed by atoms with van der Waals surface area (Å²) in [5.41, 5.74) is 3.43. The van der Waals surface area contributed by atoms with Crippen molar-refractivity contribution >= 4 is 29.3 Å². The highest BCUT2D eigenvalue weighted by molar-refractivity contribution is 6.39. The van der Waals surface area contributed by atoms with E-state index in [-0.39, 0.29) is 13.2 Å². The predicted molar refractivity (Wildman–Crippen MR) is 181 cm³/mol. The van der Waals surface area contributed by atoms with Gasteiger partial charge in [-0.1, -0.05) is 91.5 Å². The largest absolute Gasteiger partial charge is 0.489 e. The van der Waals surface area contributed by atoms with Crippen LogP contribution < -0.4 is 9.47 Å². The first-order valence-corrected chi connectivity index (χ1v) is 15.5. The van der Waals surface area contributed by atoms with Gasteiger partial charge in [0, 0.05) is 0 Å². The number of rotatable bonds is 15. The van der Waals surface area contributed by atoms with Crippen LogP contribution in [0.25, 0.3) is 5.57 Å².